The first kappa shape index (κ1) is 15.1. The van der Waals surface area contributed by atoms with E-state index in [4.69, 9.17) is 9.47 Å². The summed E-state index contributed by atoms with van der Waals surface area (Å²) < 4.78 is 11.2. The molecule has 0 atom stereocenters. The second-order valence-electron chi connectivity index (χ2n) is 4.50. The summed E-state index contributed by atoms with van der Waals surface area (Å²) in [5.74, 6) is 2.09. The van der Waals surface area contributed by atoms with E-state index in [2.05, 4.69) is 15.3 Å². The maximum Gasteiger partial charge on any atom is 0.222 e. The molecule has 5 heteroatoms. The van der Waals surface area contributed by atoms with E-state index in [9.17, 15) is 0 Å². The van der Waals surface area contributed by atoms with E-state index in [1.165, 1.54) is 0 Å². The third kappa shape index (κ3) is 3.42. The fourth-order valence-corrected chi connectivity index (χ4v) is 2.05. The standard InChI is InChI=1S/C16H21N3O2/c1-5-20-13-8-7-12(9-14(13)21-6-2)15-11(3)10-18-16(17-4)19-15/h7-10H,5-6H2,1-4H3,(H,17,18,19). The van der Waals surface area contributed by atoms with Gasteiger partial charge in [-0.3, -0.25) is 0 Å². The molecule has 21 heavy (non-hydrogen) atoms. The van der Waals surface area contributed by atoms with Gasteiger partial charge in [-0.25, -0.2) is 9.97 Å². The van der Waals surface area contributed by atoms with E-state index in [0.29, 0.717) is 19.2 Å². The number of hydrogen-bond acceptors (Lipinski definition) is 5. The van der Waals surface area contributed by atoms with E-state index in [0.717, 1.165) is 28.3 Å². The molecule has 0 aliphatic heterocycles. The highest BCUT2D eigenvalue weighted by Crippen LogP contribution is 2.33. The fourth-order valence-electron chi connectivity index (χ4n) is 2.05. The number of nitrogens with zero attached hydrogens (tertiary/aromatic N) is 2. The van der Waals surface area contributed by atoms with E-state index in [-0.39, 0.29) is 0 Å². The summed E-state index contributed by atoms with van der Waals surface area (Å²) in [5.41, 5.74) is 2.89. The highest BCUT2D eigenvalue weighted by Gasteiger charge is 2.11. The molecule has 0 saturated carbocycles. The number of ether oxygens (including phenoxy) is 2. The van der Waals surface area contributed by atoms with Gasteiger partial charge in [-0.15, -0.1) is 0 Å². The minimum atomic E-state index is 0.591. The molecule has 0 radical (unpaired) electrons. The molecule has 0 amide bonds. The van der Waals surface area contributed by atoms with Crippen LogP contribution in [0, 0.1) is 6.92 Å². The van der Waals surface area contributed by atoms with E-state index >= 15 is 0 Å². The largest absolute Gasteiger partial charge is 0.490 e. The molecule has 0 fully saturated rings. The van der Waals surface area contributed by atoms with Crippen LogP contribution in [0.4, 0.5) is 5.95 Å². The molecule has 112 valence electrons. The van der Waals surface area contributed by atoms with Gasteiger partial charge in [-0.2, -0.15) is 0 Å². The molecule has 5 nitrogen and oxygen atoms in total. The molecule has 2 aromatic rings. The number of anilines is 1. The van der Waals surface area contributed by atoms with Gasteiger partial charge >= 0.3 is 0 Å². The molecule has 0 spiro atoms. The summed E-state index contributed by atoms with van der Waals surface area (Å²) >= 11 is 0. The molecule has 0 aliphatic carbocycles. The Kier molecular flexibility index (Phi) is 4.98. The van der Waals surface area contributed by atoms with Crippen LogP contribution in [-0.4, -0.2) is 30.2 Å². The van der Waals surface area contributed by atoms with Crippen molar-refractivity contribution in [2.75, 3.05) is 25.6 Å². The Morgan fingerprint density at radius 3 is 2.48 bits per heavy atom. The van der Waals surface area contributed by atoms with E-state index < -0.39 is 0 Å². The monoisotopic (exact) mass is 287 g/mol. The van der Waals surface area contributed by atoms with Gasteiger partial charge in [-0.05, 0) is 44.5 Å². The molecule has 1 N–H and O–H groups in total. The topological polar surface area (TPSA) is 56.3 Å². The van der Waals surface area contributed by atoms with Gasteiger partial charge in [0.25, 0.3) is 0 Å². The molecule has 0 saturated heterocycles. The van der Waals surface area contributed by atoms with Gasteiger partial charge in [-0.1, -0.05) is 0 Å². The lowest BCUT2D eigenvalue weighted by molar-refractivity contribution is 0.288. The van der Waals surface area contributed by atoms with Crippen LogP contribution in [0.5, 0.6) is 11.5 Å². The van der Waals surface area contributed by atoms with Crippen LogP contribution in [0.2, 0.25) is 0 Å². The summed E-state index contributed by atoms with van der Waals surface area (Å²) in [4.78, 5) is 8.73. The normalized spacial score (nSPS) is 10.3. The van der Waals surface area contributed by atoms with E-state index in [1.54, 1.807) is 7.05 Å². The Bertz CT molecular complexity index is 614. The van der Waals surface area contributed by atoms with Crippen LogP contribution in [0.15, 0.2) is 24.4 Å². The minimum Gasteiger partial charge on any atom is -0.490 e. The summed E-state index contributed by atoms with van der Waals surface area (Å²) in [7, 11) is 1.80. The van der Waals surface area contributed by atoms with Crippen molar-refractivity contribution in [3.05, 3.63) is 30.0 Å². The first-order chi connectivity index (χ1) is 10.2. The lowest BCUT2D eigenvalue weighted by Gasteiger charge is -2.13. The van der Waals surface area contributed by atoms with Crippen LogP contribution in [-0.2, 0) is 0 Å². The van der Waals surface area contributed by atoms with Crippen LogP contribution in [0.3, 0.4) is 0 Å². The summed E-state index contributed by atoms with van der Waals surface area (Å²) in [6.07, 6.45) is 1.81. The predicted molar refractivity (Wildman–Crippen MR) is 84.1 cm³/mol. The van der Waals surface area contributed by atoms with Gasteiger partial charge in [0, 0.05) is 18.8 Å². The molecular formula is C16H21N3O2. The van der Waals surface area contributed by atoms with Crippen LogP contribution in [0.25, 0.3) is 11.3 Å². The second-order valence-corrected chi connectivity index (χ2v) is 4.50. The minimum absolute atomic E-state index is 0.591. The molecule has 1 aromatic carbocycles. The Morgan fingerprint density at radius 2 is 1.81 bits per heavy atom. The first-order valence-electron chi connectivity index (χ1n) is 7.11. The van der Waals surface area contributed by atoms with Gasteiger partial charge in [0.15, 0.2) is 11.5 Å². The van der Waals surface area contributed by atoms with Crippen molar-refractivity contribution in [1.29, 1.82) is 0 Å². The van der Waals surface area contributed by atoms with Crippen molar-refractivity contribution in [1.82, 2.24) is 9.97 Å². The molecule has 1 aromatic heterocycles. The Hall–Kier alpha value is -2.30. The number of nitrogens with one attached hydrogen (secondary N) is 1. The van der Waals surface area contributed by atoms with Gasteiger partial charge < -0.3 is 14.8 Å². The van der Waals surface area contributed by atoms with Crippen LogP contribution in [0.1, 0.15) is 19.4 Å². The third-order valence-electron chi connectivity index (χ3n) is 3.01. The molecule has 1 heterocycles. The lowest BCUT2D eigenvalue weighted by atomic mass is 10.1. The maximum absolute atomic E-state index is 5.66. The zero-order chi connectivity index (χ0) is 15.2. The van der Waals surface area contributed by atoms with Gasteiger partial charge in [0.1, 0.15) is 0 Å². The fraction of sp³-hybridized carbons (Fsp3) is 0.375. The van der Waals surface area contributed by atoms with Crippen molar-refractivity contribution in [3.8, 4) is 22.8 Å². The molecule has 0 bridgehead atoms. The smallest absolute Gasteiger partial charge is 0.222 e. The Balaban J connectivity index is 2.46. The average Bonchev–Trinajstić information content (AvgIpc) is 2.50. The summed E-state index contributed by atoms with van der Waals surface area (Å²) in [6, 6.07) is 5.87. The van der Waals surface area contributed by atoms with Crippen molar-refractivity contribution in [3.63, 3.8) is 0 Å². The van der Waals surface area contributed by atoms with Crippen LogP contribution < -0.4 is 14.8 Å². The van der Waals surface area contributed by atoms with Gasteiger partial charge in [0.05, 0.1) is 18.9 Å². The quantitative estimate of drug-likeness (QED) is 0.883. The van der Waals surface area contributed by atoms with E-state index in [1.807, 2.05) is 45.2 Å². The average molecular weight is 287 g/mol. The maximum atomic E-state index is 5.66. The zero-order valence-corrected chi connectivity index (χ0v) is 12.9. The highest BCUT2D eigenvalue weighted by atomic mass is 16.5. The van der Waals surface area contributed by atoms with Crippen LogP contribution >= 0.6 is 0 Å². The number of aromatic nitrogens is 2. The molecule has 0 unspecified atom stereocenters. The second kappa shape index (κ2) is 6.92. The molecule has 0 aliphatic rings. The van der Waals surface area contributed by atoms with Crippen molar-refractivity contribution < 1.29 is 9.47 Å². The first-order valence-corrected chi connectivity index (χ1v) is 7.11. The Labute approximate surface area is 125 Å². The SMILES string of the molecule is CCOc1ccc(-c2nc(NC)ncc2C)cc1OCC. The number of benzene rings is 1. The number of hydrogen-bond donors (Lipinski definition) is 1. The summed E-state index contributed by atoms with van der Waals surface area (Å²) in [5, 5.41) is 2.96. The number of aryl methyl sites for hydroxylation is 1. The highest BCUT2D eigenvalue weighted by molar-refractivity contribution is 5.67. The predicted octanol–water partition coefficient (Wildman–Crippen LogP) is 3.29. The molecule has 2 rings (SSSR count). The van der Waals surface area contributed by atoms with Crippen molar-refractivity contribution in [2.45, 2.75) is 20.8 Å². The van der Waals surface area contributed by atoms with Gasteiger partial charge in [0.2, 0.25) is 5.95 Å². The Morgan fingerprint density at radius 1 is 1.10 bits per heavy atom. The summed E-state index contributed by atoms with van der Waals surface area (Å²) in [6.45, 7) is 7.10. The van der Waals surface area contributed by atoms with Crippen molar-refractivity contribution >= 4 is 5.95 Å². The third-order valence-corrected chi connectivity index (χ3v) is 3.01. The van der Waals surface area contributed by atoms with Crippen molar-refractivity contribution in [2.24, 2.45) is 0 Å². The molecular weight excluding hydrogens is 266 g/mol. The number of rotatable bonds is 6. The zero-order valence-electron chi connectivity index (χ0n) is 12.9. The lowest BCUT2D eigenvalue weighted by Crippen LogP contribution is -2.01.